The van der Waals surface area contributed by atoms with E-state index in [1.807, 2.05) is 92.7 Å². The van der Waals surface area contributed by atoms with Gasteiger partial charge in [-0.3, -0.25) is 0 Å². The Kier molecular flexibility index (Phi) is 7.75. The zero-order chi connectivity index (χ0) is 25.5. The van der Waals surface area contributed by atoms with Crippen molar-refractivity contribution in [3.8, 4) is 11.1 Å². The van der Waals surface area contributed by atoms with Gasteiger partial charge in [-0.2, -0.15) is 0 Å². The molecule has 4 rings (SSSR count). The fourth-order valence-corrected chi connectivity index (χ4v) is 3.87. The van der Waals surface area contributed by atoms with Crippen LogP contribution in [0, 0.1) is 5.92 Å². The molecule has 0 radical (unpaired) electrons. The Labute approximate surface area is 210 Å². The van der Waals surface area contributed by atoms with E-state index in [1.165, 1.54) is 7.11 Å². The first-order valence-corrected chi connectivity index (χ1v) is 11.8. The van der Waals surface area contributed by atoms with Gasteiger partial charge in [0.15, 0.2) is 5.82 Å². The van der Waals surface area contributed by atoms with Gasteiger partial charge < -0.3 is 20.7 Å². The summed E-state index contributed by atoms with van der Waals surface area (Å²) in [5, 5.41) is 9.74. The van der Waals surface area contributed by atoms with Crippen molar-refractivity contribution in [3.05, 3.63) is 84.7 Å². The van der Waals surface area contributed by atoms with Crippen LogP contribution in [0.1, 0.15) is 19.7 Å². The monoisotopic (exact) mass is 483 g/mol. The number of aromatic nitrogens is 2. The Morgan fingerprint density at radius 2 is 1.58 bits per heavy atom. The van der Waals surface area contributed by atoms with Gasteiger partial charge in [-0.15, -0.1) is 0 Å². The summed E-state index contributed by atoms with van der Waals surface area (Å²) < 4.78 is 4.96. The highest BCUT2D eigenvalue weighted by Gasteiger charge is 2.24. The quantitative estimate of drug-likeness (QED) is 0.297. The largest absolute Gasteiger partial charge is 0.467 e. The number of nitrogens with one attached hydrogen (secondary N) is 3. The first-order valence-electron chi connectivity index (χ1n) is 11.8. The first kappa shape index (κ1) is 24.7. The van der Waals surface area contributed by atoms with E-state index in [4.69, 9.17) is 4.74 Å². The molecule has 0 saturated heterocycles. The molecular formula is C28H29N5O3. The van der Waals surface area contributed by atoms with E-state index in [2.05, 4.69) is 25.9 Å². The minimum Gasteiger partial charge on any atom is -0.467 e. The lowest BCUT2D eigenvalue weighted by molar-refractivity contribution is -0.142. The lowest BCUT2D eigenvalue weighted by Gasteiger charge is -2.21. The maximum atomic E-state index is 12.8. The van der Waals surface area contributed by atoms with Crippen molar-refractivity contribution in [1.82, 2.24) is 15.3 Å². The van der Waals surface area contributed by atoms with E-state index < -0.39 is 6.04 Å². The molecule has 0 bridgehead atoms. The smallest absolute Gasteiger partial charge is 0.328 e. The number of carbonyl (C=O) groups is 2. The molecule has 1 atom stereocenters. The van der Waals surface area contributed by atoms with Gasteiger partial charge >= 0.3 is 12.0 Å². The highest BCUT2D eigenvalue weighted by molar-refractivity contribution is 5.94. The van der Waals surface area contributed by atoms with E-state index in [0.717, 1.165) is 16.5 Å². The molecule has 0 fully saturated rings. The number of rotatable bonds is 8. The normalized spacial score (nSPS) is 11.7. The second kappa shape index (κ2) is 11.3. The third kappa shape index (κ3) is 5.78. The number of ether oxygens (including phenoxy) is 1. The molecule has 1 aromatic heterocycles. The van der Waals surface area contributed by atoms with Crippen LogP contribution < -0.4 is 16.0 Å². The van der Waals surface area contributed by atoms with E-state index >= 15 is 0 Å². The van der Waals surface area contributed by atoms with Gasteiger partial charge in [0.2, 0.25) is 0 Å². The van der Waals surface area contributed by atoms with Gasteiger partial charge in [-0.25, -0.2) is 19.6 Å². The van der Waals surface area contributed by atoms with Crippen molar-refractivity contribution >= 4 is 34.4 Å². The summed E-state index contributed by atoms with van der Waals surface area (Å²) in [5.74, 6) is 0.526. The summed E-state index contributed by atoms with van der Waals surface area (Å²) in [6.07, 6.45) is 0. The summed E-state index contributed by atoms with van der Waals surface area (Å²) in [5.41, 5.74) is 3.33. The second-order valence-electron chi connectivity index (χ2n) is 8.61. The van der Waals surface area contributed by atoms with Crippen LogP contribution in [-0.2, 0) is 16.1 Å². The van der Waals surface area contributed by atoms with Gasteiger partial charge in [-0.05, 0) is 29.7 Å². The zero-order valence-corrected chi connectivity index (χ0v) is 20.5. The Bertz CT molecular complexity index is 1360. The van der Waals surface area contributed by atoms with Crippen molar-refractivity contribution in [2.45, 2.75) is 26.4 Å². The van der Waals surface area contributed by atoms with Gasteiger partial charge in [0.05, 0.1) is 24.9 Å². The average Bonchev–Trinajstić information content (AvgIpc) is 2.90. The van der Waals surface area contributed by atoms with Crippen molar-refractivity contribution in [2.24, 2.45) is 5.92 Å². The van der Waals surface area contributed by atoms with Crippen molar-refractivity contribution in [3.63, 3.8) is 0 Å². The van der Waals surface area contributed by atoms with E-state index in [0.29, 0.717) is 22.8 Å². The van der Waals surface area contributed by atoms with Gasteiger partial charge in [0, 0.05) is 10.9 Å². The molecule has 3 N–H and O–H groups in total. The van der Waals surface area contributed by atoms with Crippen LogP contribution in [0.15, 0.2) is 78.9 Å². The molecule has 1 unspecified atom stereocenters. The Hall–Kier alpha value is -4.46. The van der Waals surface area contributed by atoms with Crippen molar-refractivity contribution < 1.29 is 14.3 Å². The number of hydrogen-bond acceptors (Lipinski definition) is 6. The number of nitrogens with zero attached hydrogens (tertiary/aromatic N) is 2. The molecule has 36 heavy (non-hydrogen) atoms. The summed E-state index contributed by atoms with van der Waals surface area (Å²) in [6.45, 7) is 3.96. The van der Waals surface area contributed by atoms with Crippen LogP contribution >= 0.6 is 0 Å². The number of benzene rings is 3. The Balaban J connectivity index is 1.52. The van der Waals surface area contributed by atoms with Crippen LogP contribution in [0.4, 0.5) is 16.3 Å². The standard InChI is InChI=1S/C28H29N5O3/c1-18(2)25(27(34)36-3)33-26-21-14-8-10-16-23(21)30-24(32-26)17-29-28(35)31-22-15-9-7-13-20(22)19-11-5-4-6-12-19/h4-16,18,25H,17H2,1-3H3,(H2,29,31,35)(H,30,32,33). The Morgan fingerprint density at radius 1 is 0.889 bits per heavy atom. The number of carbonyl (C=O) groups excluding carboxylic acids is 2. The molecule has 8 nitrogen and oxygen atoms in total. The number of fused-ring (bicyclic) bond motifs is 1. The predicted octanol–water partition coefficient (Wildman–Crippen LogP) is 5.23. The molecule has 0 aliphatic carbocycles. The number of para-hydroxylation sites is 2. The van der Waals surface area contributed by atoms with Crippen LogP contribution in [0.25, 0.3) is 22.0 Å². The highest BCUT2D eigenvalue weighted by Crippen LogP contribution is 2.27. The van der Waals surface area contributed by atoms with E-state index in [-0.39, 0.29) is 24.5 Å². The number of urea groups is 1. The fourth-order valence-electron chi connectivity index (χ4n) is 3.87. The topological polar surface area (TPSA) is 105 Å². The van der Waals surface area contributed by atoms with Crippen molar-refractivity contribution in [2.75, 3.05) is 17.7 Å². The minimum atomic E-state index is -0.577. The molecule has 2 amide bonds. The third-order valence-corrected chi connectivity index (χ3v) is 5.73. The van der Waals surface area contributed by atoms with E-state index in [9.17, 15) is 9.59 Å². The molecule has 0 spiro atoms. The number of hydrogen-bond donors (Lipinski definition) is 3. The first-order chi connectivity index (χ1) is 17.5. The van der Waals surface area contributed by atoms with Crippen LogP contribution in [0.3, 0.4) is 0 Å². The highest BCUT2D eigenvalue weighted by atomic mass is 16.5. The van der Waals surface area contributed by atoms with E-state index in [1.54, 1.807) is 0 Å². The fraction of sp³-hybridized carbons (Fsp3) is 0.214. The van der Waals surface area contributed by atoms with Crippen molar-refractivity contribution in [1.29, 1.82) is 0 Å². The van der Waals surface area contributed by atoms with Crippen LogP contribution in [-0.4, -0.2) is 35.1 Å². The molecule has 1 heterocycles. The lowest BCUT2D eigenvalue weighted by atomic mass is 10.0. The molecule has 0 saturated carbocycles. The summed E-state index contributed by atoms with van der Waals surface area (Å²) in [4.78, 5) is 34.3. The zero-order valence-electron chi connectivity index (χ0n) is 20.5. The average molecular weight is 484 g/mol. The predicted molar refractivity (Wildman–Crippen MR) is 142 cm³/mol. The molecule has 184 valence electrons. The summed E-state index contributed by atoms with van der Waals surface area (Å²) in [6, 6.07) is 24.0. The minimum absolute atomic E-state index is 0.0248. The molecule has 0 aliphatic rings. The second-order valence-corrected chi connectivity index (χ2v) is 8.61. The number of amides is 2. The van der Waals surface area contributed by atoms with Crippen LogP contribution in [0.5, 0.6) is 0 Å². The number of esters is 1. The molecule has 0 aliphatic heterocycles. The SMILES string of the molecule is COC(=O)C(Nc1nc(CNC(=O)Nc2ccccc2-c2ccccc2)nc2ccccc12)C(C)C. The molecule has 8 heteroatoms. The number of anilines is 2. The van der Waals surface area contributed by atoms with Gasteiger partial charge in [0.1, 0.15) is 11.9 Å². The van der Waals surface area contributed by atoms with Gasteiger partial charge in [-0.1, -0.05) is 74.5 Å². The molecular weight excluding hydrogens is 454 g/mol. The lowest BCUT2D eigenvalue weighted by Crippen LogP contribution is -2.36. The maximum Gasteiger partial charge on any atom is 0.328 e. The maximum absolute atomic E-state index is 12.8. The summed E-state index contributed by atoms with van der Waals surface area (Å²) >= 11 is 0. The summed E-state index contributed by atoms with van der Waals surface area (Å²) in [7, 11) is 1.36. The molecule has 3 aromatic carbocycles. The van der Waals surface area contributed by atoms with Gasteiger partial charge in [0.25, 0.3) is 0 Å². The number of methoxy groups -OCH3 is 1. The van der Waals surface area contributed by atoms with Crippen LogP contribution in [0.2, 0.25) is 0 Å². The molecule has 4 aromatic rings. The Morgan fingerprint density at radius 3 is 2.33 bits per heavy atom. The third-order valence-electron chi connectivity index (χ3n) is 5.73.